The van der Waals surface area contributed by atoms with Crippen molar-refractivity contribution in [1.82, 2.24) is 9.03 Å². The smallest absolute Gasteiger partial charge is 0.279 e. The van der Waals surface area contributed by atoms with Gasteiger partial charge in [0.25, 0.3) is 10.2 Å². The third kappa shape index (κ3) is 4.01. The van der Waals surface area contributed by atoms with E-state index < -0.39 is 15.7 Å². The van der Waals surface area contributed by atoms with Crippen molar-refractivity contribution >= 4 is 10.2 Å². The fourth-order valence-electron chi connectivity index (χ4n) is 1.15. The van der Waals surface area contributed by atoms with E-state index in [0.29, 0.717) is 19.5 Å². The fourth-order valence-corrected chi connectivity index (χ4v) is 2.68. The Morgan fingerprint density at radius 2 is 1.94 bits per heavy atom. The minimum absolute atomic E-state index is 0.286. The quantitative estimate of drug-likeness (QED) is 0.693. The van der Waals surface area contributed by atoms with Gasteiger partial charge in [0.15, 0.2) is 0 Å². The first kappa shape index (κ1) is 15.8. The summed E-state index contributed by atoms with van der Waals surface area (Å²) in [7, 11) is -1.87. The number of likely N-dealkylation sites (N-methyl/N-ethyl adjacent to an activating group) is 1. The largest absolute Gasteiger partial charge is 0.329 e. The molecule has 0 rings (SSSR count). The lowest BCUT2D eigenvalue weighted by atomic mass is 10.00. The molecule has 0 fully saturated rings. The zero-order valence-electron chi connectivity index (χ0n) is 10.9. The predicted octanol–water partition coefficient (Wildman–Crippen LogP) is 0.536. The Kier molecular flexibility index (Phi) is 5.89. The van der Waals surface area contributed by atoms with Gasteiger partial charge in [-0.15, -0.1) is 0 Å². The topological polar surface area (TPSA) is 75.4 Å². The van der Waals surface area contributed by atoms with E-state index in [4.69, 9.17) is 5.73 Å². The molecule has 1 atom stereocenters. The van der Waals surface area contributed by atoms with E-state index in [1.54, 1.807) is 7.05 Å². The Morgan fingerprint density at radius 3 is 2.25 bits per heavy atom. The maximum absolute atomic E-state index is 12.0. The molecule has 6 heteroatoms. The molecule has 16 heavy (non-hydrogen) atoms. The monoisotopic (exact) mass is 251 g/mol. The highest BCUT2D eigenvalue weighted by Crippen LogP contribution is 2.18. The lowest BCUT2D eigenvalue weighted by Crippen LogP contribution is -2.55. The van der Waals surface area contributed by atoms with Crippen LogP contribution in [-0.4, -0.2) is 38.4 Å². The van der Waals surface area contributed by atoms with Crippen LogP contribution in [0.3, 0.4) is 0 Å². The van der Waals surface area contributed by atoms with Crippen molar-refractivity contribution in [3.63, 3.8) is 0 Å². The zero-order valence-corrected chi connectivity index (χ0v) is 11.8. The number of nitrogens with one attached hydrogen (secondary N) is 1. The lowest BCUT2D eigenvalue weighted by molar-refractivity contribution is 0.237. The molecule has 98 valence electrons. The summed E-state index contributed by atoms with van der Waals surface area (Å²) < 4.78 is 27.8. The summed E-state index contributed by atoms with van der Waals surface area (Å²) in [6, 6.07) is 0. The van der Waals surface area contributed by atoms with Gasteiger partial charge in [-0.25, -0.2) is 4.72 Å². The molecule has 0 aliphatic carbocycles. The zero-order chi connectivity index (χ0) is 13.0. The molecule has 0 saturated heterocycles. The first-order valence-corrected chi connectivity index (χ1v) is 7.07. The van der Waals surface area contributed by atoms with Crippen molar-refractivity contribution in [2.45, 2.75) is 39.7 Å². The van der Waals surface area contributed by atoms with Crippen molar-refractivity contribution in [2.75, 3.05) is 20.1 Å². The van der Waals surface area contributed by atoms with E-state index >= 15 is 0 Å². The molecule has 0 aromatic heterocycles. The molecule has 0 heterocycles. The van der Waals surface area contributed by atoms with Gasteiger partial charge in [0.2, 0.25) is 0 Å². The van der Waals surface area contributed by atoms with Crippen molar-refractivity contribution in [3.8, 4) is 0 Å². The second-order valence-corrected chi connectivity index (χ2v) is 6.56. The van der Waals surface area contributed by atoms with E-state index in [9.17, 15) is 8.42 Å². The maximum Gasteiger partial charge on any atom is 0.279 e. The van der Waals surface area contributed by atoms with Crippen LogP contribution in [0.25, 0.3) is 0 Å². The Hall–Kier alpha value is -0.170. The molecular weight excluding hydrogens is 226 g/mol. The molecule has 3 N–H and O–H groups in total. The van der Waals surface area contributed by atoms with Gasteiger partial charge >= 0.3 is 0 Å². The molecule has 0 spiro atoms. The average molecular weight is 251 g/mol. The van der Waals surface area contributed by atoms with Crippen LogP contribution >= 0.6 is 0 Å². The summed E-state index contributed by atoms with van der Waals surface area (Å²) >= 11 is 0. The van der Waals surface area contributed by atoms with Crippen molar-refractivity contribution in [3.05, 3.63) is 0 Å². The second-order valence-electron chi connectivity index (χ2n) is 4.77. The van der Waals surface area contributed by atoms with Crippen LogP contribution in [0.5, 0.6) is 0 Å². The highest BCUT2D eigenvalue weighted by atomic mass is 32.2. The first-order valence-electron chi connectivity index (χ1n) is 5.63. The van der Waals surface area contributed by atoms with Crippen LogP contribution < -0.4 is 10.5 Å². The van der Waals surface area contributed by atoms with Crippen LogP contribution in [0.15, 0.2) is 0 Å². The van der Waals surface area contributed by atoms with Gasteiger partial charge in [0.1, 0.15) is 0 Å². The lowest BCUT2D eigenvalue weighted by Gasteiger charge is -2.36. The maximum atomic E-state index is 12.0. The van der Waals surface area contributed by atoms with E-state index in [-0.39, 0.29) is 5.92 Å². The highest BCUT2D eigenvalue weighted by molar-refractivity contribution is 7.87. The molecule has 0 radical (unpaired) electrons. The number of nitrogens with zero attached hydrogens (tertiary/aromatic N) is 1. The molecule has 0 saturated carbocycles. The first-order chi connectivity index (χ1) is 7.19. The molecule has 0 aromatic carbocycles. The summed E-state index contributed by atoms with van der Waals surface area (Å²) in [5.74, 6) is 0.286. The summed E-state index contributed by atoms with van der Waals surface area (Å²) in [5.41, 5.74) is 5.11. The van der Waals surface area contributed by atoms with Crippen molar-refractivity contribution in [2.24, 2.45) is 11.7 Å². The molecule has 0 bridgehead atoms. The fraction of sp³-hybridized carbons (Fsp3) is 1.00. The van der Waals surface area contributed by atoms with Crippen molar-refractivity contribution < 1.29 is 8.42 Å². The highest BCUT2D eigenvalue weighted by Gasteiger charge is 2.34. The molecule has 0 amide bonds. The number of hydrogen-bond donors (Lipinski definition) is 2. The van der Waals surface area contributed by atoms with Crippen molar-refractivity contribution in [1.29, 1.82) is 0 Å². The van der Waals surface area contributed by atoms with Gasteiger partial charge in [0, 0.05) is 25.7 Å². The molecule has 0 aliphatic rings. The predicted molar refractivity (Wildman–Crippen MR) is 67.3 cm³/mol. The van der Waals surface area contributed by atoms with Crippen LogP contribution in [0, 0.1) is 5.92 Å². The van der Waals surface area contributed by atoms with Crippen LogP contribution in [0.1, 0.15) is 34.1 Å². The second kappa shape index (κ2) is 5.95. The third-order valence-corrected chi connectivity index (χ3v) is 4.69. The summed E-state index contributed by atoms with van der Waals surface area (Å²) in [4.78, 5) is 0. The van der Waals surface area contributed by atoms with Gasteiger partial charge in [-0.05, 0) is 19.3 Å². The minimum Gasteiger partial charge on any atom is -0.329 e. The third-order valence-electron chi connectivity index (χ3n) is 3.00. The Bertz CT molecular complexity index is 297. The Morgan fingerprint density at radius 1 is 1.44 bits per heavy atom. The Balaban J connectivity index is 4.75. The van der Waals surface area contributed by atoms with Crippen LogP contribution in [0.2, 0.25) is 0 Å². The normalized spacial score (nSPS) is 16.8. The van der Waals surface area contributed by atoms with Gasteiger partial charge < -0.3 is 5.73 Å². The molecule has 0 aromatic rings. The van der Waals surface area contributed by atoms with Crippen LogP contribution in [0.4, 0.5) is 0 Å². The number of hydrogen-bond acceptors (Lipinski definition) is 3. The average Bonchev–Trinajstić information content (AvgIpc) is 2.24. The van der Waals surface area contributed by atoms with Gasteiger partial charge in [-0.2, -0.15) is 12.7 Å². The van der Waals surface area contributed by atoms with Gasteiger partial charge in [-0.3, -0.25) is 0 Å². The number of rotatable bonds is 7. The molecule has 0 aliphatic heterocycles. The Labute approximate surface area is 99.6 Å². The van der Waals surface area contributed by atoms with E-state index in [0.717, 1.165) is 0 Å². The number of nitrogens with two attached hydrogens (primary N) is 1. The van der Waals surface area contributed by atoms with Gasteiger partial charge in [-0.1, -0.05) is 20.8 Å². The minimum atomic E-state index is -3.43. The summed E-state index contributed by atoms with van der Waals surface area (Å²) in [6.07, 6.45) is 0.683. The standard InChI is InChI=1S/C10H25N3O2S/c1-6-10(4,8-11)13(5)16(14,15)12-7-9(2)3/h9,12H,6-8,11H2,1-5H3. The molecule has 1 unspecified atom stereocenters. The van der Waals surface area contributed by atoms with Crippen LogP contribution in [-0.2, 0) is 10.2 Å². The van der Waals surface area contributed by atoms with E-state index in [1.165, 1.54) is 4.31 Å². The summed E-state index contributed by atoms with van der Waals surface area (Å²) in [5, 5.41) is 0. The van der Waals surface area contributed by atoms with E-state index in [2.05, 4.69) is 4.72 Å². The molecular formula is C10H25N3O2S. The molecule has 5 nitrogen and oxygen atoms in total. The van der Waals surface area contributed by atoms with E-state index in [1.807, 2.05) is 27.7 Å². The summed E-state index contributed by atoms with van der Waals surface area (Å²) in [6.45, 7) is 8.46. The van der Waals surface area contributed by atoms with Gasteiger partial charge in [0.05, 0.1) is 0 Å². The SMILES string of the molecule is CCC(C)(CN)N(C)S(=O)(=O)NCC(C)C.